The first-order chi connectivity index (χ1) is 16.8. The Hall–Kier alpha value is -3.59. The number of carbonyl (C=O) groups is 5. The average Bonchev–Trinajstić information content (AvgIpc) is 3.16. The normalized spacial score (nSPS) is 22.3. The van der Waals surface area contributed by atoms with E-state index in [9.17, 15) is 24.0 Å². The van der Waals surface area contributed by atoms with Gasteiger partial charge in [0.1, 0.15) is 6.04 Å². The summed E-state index contributed by atoms with van der Waals surface area (Å²) in [6.45, 7) is 0.193. The molecule has 9 heteroatoms. The number of hydrogen-bond acceptors (Lipinski definition) is 6. The van der Waals surface area contributed by atoms with E-state index in [-0.39, 0.29) is 67.1 Å². The maximum absolute atomic E-state index is 13.0. The van der Waals surface area contributed by atoms with Gasteiger partial charge in [-0.05, 0) is 36.1 Å². The van der Waals surface area contributed by atoms with Gasteiger partial charge in [-0.3, -0.25) is 29.3 Å². The molecule has 2 aliphatic heterocycles. The van der Waals surface area contributed by atoms with Crippen LogP contribution in [0.25, 0.3) is 0 Å². The highest BCUT2D eigenvalue weighted by Gasteiger charge is 2.40. The molecule has 1 unspecified atom stereocenters. The van der Waals surface area contributed by atoms with Crippen molar-refractivity contribution in [3.63, 3.8) is 0 Å². The SMILES string of the molecule is O=C1CCC(N2Cc3c(NC=C4C(=O)CC(c5ccccc5Br)CC4=O)cccc3C2=O)C(=O)N1. The number of nitrogens with one attached hydrogen (secondary N) is 2. The van der Waals surface area contributed by atoms with Crippen molar-refractivity contribution in [2.75, 3.05) is 5.32 Å². The number of Topliss-reactive ketones (excluding diaryl/α,β-unsaturated/α-hetero) is 2. The standard InChI is InChI=1S/C26H22BrN3O5/c27-19-6-2-1-4-15(19)14-10-22(31)17(23(32)11-14)12-28-20-7-3-5-16-18(20)13-30(26(16)35)21-8-9-24(33)29-25(21)34/h1-7,12,14,21,28H,8-11,13H2,(H,29,33,34). The van der Waals surface area contributed by atoms with E-state index < -0.39 is 11.9 Å². The molecule has 1 saturated carbocycles. The summed E-state index contributed by atoms with van der Waals surface area (Å²) in [6, 6.07) is 12.0. The minimum atomic E-state index is -0.713. The fourth-order valence-corrected chi connectivity index (χ4v) is 5.56. The molecule has 1 atom stereocenters. The van der Waals surface area contributed by atoms with E-state index in [0.717, 1.165) is 10.0 Å². The van der Waals surface area contributed by atoms with E-state index in [1.807, 2.05) is 24.3 Å². The van der Waals surface area contributed by atoms with Gasteiger partial charge in [0, 0.05) is 53.3 Å². The summed E-state index contributed by atoms with van der Waals surface area (Å²) in [5, 5.41) is 5.35. The average molecular weight is 536 g/mol. The minimum Gasteiger partial charge on any atom is -0.361 e. The summed E-state index contributed by atoms with van der Waals surface area (Å²) in [5.74, 6) is -1.74. The van der Waals surface area contributed by atoms with Gasteiger partial charge >= 0.3 is 0 Å². The van der Waals surface area contributed by atoms with Crippen LogP contribution in [0.15, 0.2) is 58.7 Å². The van der Waals surface area contributed by atoms with Crippen molar-refractivity contribution in [1.82, 2.24) is 10.2 Å². The number of carbonyl (C=O) groups excluding carboxylic acids is 5. The molecule has 3 amide bonds. The summed E-state index contributed by atoms with van der Waals surface area (Å²) >= 11 is 3.50. The molecule has 0 aromatic heterocycles. The number of anilines is 1. The molecule has 0 bridgehead atoms. The molecule has 35 heavy (non-hydrogen) atoms. The van der Waals surface area contributed by atoms with E-state index in [1.165, 1.54) is 11.1 Å². The van der Waals surface area contributed by atoms with Crippen LogP contribution in [0.4, 0.5) is 5.69 Å². The Kier molecular flexibility index (Phi) is 6.10. The van der Waals surface area contributed by atoms with E-state index in [0.29, 0.717) is 16.8 Å². The predicted molar refractivity (Wildman–Crippen MR) is 130 cm³/mol. The Labute approximate surface area is 209 Å². The van der Waals surface area contributed by atoms with Gasteiger partial charge < -0.3 is 10.2 Å². The molecule has 178 valence electrons. The topological polar surface area (TPSA) is 113 Å². The van der Waals surface area contributed by atoms with Gasteiger partial charge in [-0.1, -0.05) is 40.2 Å². The number of nitrogens with zero attached hydrogens (tertiary/aromatic N) is 1. The second kappa shape index (κ2) is 9.22. The predicted octanol–water partition coefficient (Wildman–Crippen LogP) is 3.22. The molecule has 0 spiro atoms. The third-order valence-electron chi connectivity index (χ3n) is 6.76. The molecule has 2 fully saturated rings. The number of amides is 3. The number of ketones is 2. The van der Waals surface area contributed by atoms with Crippen LogP contribution in [0.5, 0.6) is 0 Å². The van der Waals surface area contributed by atoms with Crippen molar-refractivity contribution in [3.05, 3.63) is 75.4 Å². The maximum atomic E-state index is 13.0. The van der Waals surface area contributed by atoms with Crippen LogP contribution in [-0.4, -0.2) is 40.2 Å². The molecule has 2 aromatic carbocycles. The molecule has 8 nitrogen and oxygen atoms in total. The molecule has 2 aromatic rings. The number of imide groups is 1. The lowest BCUT2D eigenvalue weighted by molar-refractivity contribution is -0.137. The van der Waals surface area contributed by atoms with E-state index in [1.54, 1.807) is 18.2 Å². The van der Waals surface area contributed by atoms with Crippen molar-refractivity contribution in [1.29, 1.82) is 0 Å². The first-order valence-electron chi connectivity index (χ1n) is 11.4. The fraction of sp³-hybridized carbons (Fsp3) is 0.269. The Morgan fingerprint density at radius 3 is 2.43 bits per heavy atom. The van der Waals surface area contributed by atoms with Crippen molar-refractivity contribution in [3.8, 4) is 0 Å². The molecule has 1 aliphatic carbocycles. The van der Waals surface area contributed by atoms with Gasteiger partial charge in [0.25, 0.3) is 5.91 Å². The molecule has 0 radical (unpaired) electrons. The summed E-state index contributed by atoms with van der Waals surface area (Å²) in [4.78, 5) is 63.9. The van der Waals surface area contributed by atoms with Crippen molar-refractivity contribution in [2.45, 2.75) is 44.2 Å². The number of hydrogen-bond donors (Lipinski definition) is 2. The highest BCUT2D eigenvalue weighted by atomic mass is 79.9. The van der Waals surface area contributed by atoms with E-state index in [4.69, 9.17) is 0 Å². The lowest BCUT2D eigenvalue weighted by Gasteiger charge is -2.29. The van der Waals surface area contributed by atoms with E-state index >= 15 is 0 Å². The summed E-state index contributed by atoms with van der Waals surface area (Å²) < 4.78 is 0.876. The molecule has 1 saturated heterocycles. The number of piperidine rings is 1. The highest BCUT2D eigenvalue weighted by molar-refractivity contribution is 9.10. The van der Waals surface area contributed by atoms with Gasteiger partial charge in [0.15, 0.2) is 11.6 Å². The number of benzene rings is 2. The van der Waals surface area contributed by atoms with Gasteiger partial charge in [-0.25, -0.2) is 0 Å². The largest absolute Gasteiger partial charge is 0.361 e. The molecule has 2 heterocycles. The van der Waals surface area contributed by atoms with Crippen LogP contribution < -0.4 is 10.6 Å². The fourth-order valence-electron chi connectivity index (χ4n) is 4.95. The van der Waals surface area contributed by atoms with E-state index in [2.05, 4.69) is 26.6 Å². The van der Waals surface area contributed by atoms with Crippen LogP contribution in [-0.2, 0) is 25.7 Å². The number of halogens is 1. The Bertz CT molecular complexity index is 1300. The third-order valence-corrected chi connectivity index (χ3v) is 7.49. The second-order valence-corrected chi connectivity index (χ2v) is 9.76. The Morgan fingerprint density at radius 1 is 0.971 bits per heavy atom. The summed E-state index contributed by atoms with van der Waals surface area (Å²) in [7, 11) is 0. The van der Waals surface area contributed by atoms with Crippen LogP contribution in [0.2, 0.25) is 0 Å². The lowest BCUT2D eigenvalue weighted by Crippen LogP contribution is -2.52. The minimum absolute atomic E-state index is 0.109. The Morgan fingerprint density at radius 2 is 1.71 bits per heavy atom. The Balaban J connectivity index is 1.34. The zero-order chi connectivity index (χ0) is 24.7. The van der Waals surface area contributed by atoms with Gasteiger partial charge in [-0.2, -0.15) is 0 Å². The molecule has 5 rings (SSSR count). The van der Waals surface area contributed by atoms with Crippen LogP contribution in [0.1, 0.15) is 53.1 Å². The van der Waals surface area contributed by atoms with Crippen LogP contribution >= 0.6 is 15.9 Å². The summed E-state index contributed by atoms with van der Waals surface area (Å²) in [5.41, 5.74) is 2.77. The van der Waals surface area contributed by atoms with Gasteiger partial charge in [-0.15, -0.1) is 0 Å². The van der Waals surface area contributed by atoms with Gasteiger partial charge in [0.2, 0.25) is 11.8 Å². The second-order valence-electron chi connectivity index (χ2n) is 8.91. The number of fused-ring (bicyclic) bond motifs is 1. The zero-order valence-corrected chi connectivity index (χ0v) is 20.3. The third kappa shape index (κ3) is 4.32. The van der Waals surface area contributed by atoms with Crippen molar-refractivity contribution >= 4 is 50.9 Å². The van der Waals surface area contributed by atoms with Crippen molar-refractivity contribution in [2.24, 2.45) is 0 Å². The van der Waals surface area contributed by atoms with Crippen LogP contribution in [0.3, 0.4) is 0 Å². The molecule has 3 aliphatic rings. The maximum Gasteiger partial charge on any atom is 0.255 e. The lowest BCUT2D eigenvalue weighted by atomic mass is 9.80. The van der Waals surface area contributed by atoms with Gasteiger partial charge in [0.05, 0.1) is 5.57 Å². The first kappa shape index (κ1) is 23.2. The summed E-state index contributed by atoms with van der Waals surface area (Å²) in [6.07, 6.45) is 2.35. The zero-order valence-electron chi connectivity index (χ0n) is 18.7. The number of rotatable bonds is 4. The monoisotopic (exact) mass is 535 g/mol. The number of allylic oxidation sites excluding steroid dienone is 1. The van der Waals surface area contributed by atoms with Crippen LogP contribution in [0, 0.1) is 0 Å². The quantitative estimate of drug-likeness (QED) is 0.353. The molecule has 2 N–H and O–H groups in total. The highest BCUT2D eigenvalue weighted by Crippen LogP contribution is 2.36. The molecular formula is C26H22BrN3O5. The molecular weight excluding hydrogens is 514 g/mol. The smallest absolute Gasteiger partial charge is 0.255 e. The van der Waals surface area contributed by atoms with Crippen molar-refractivity contribution < 1.29 is 24.0 Å². The first-order valence-corrected chi connectivity index (χ1v) is 12.2.